The van der Waals surface area contributed by atoms with Gasteiger partial charge in [-0.15, -0.1) is 0 Å². The minimum atomic E-state index is -0.423. The summed E-state index contributed by atoms with van der Waals surface area (Å²) in [7, 11) is 1.41. The second-order valence-electron chi connectivity index (χ2n) is 7.08. The third-order valence-corrected chi connectivity index (χ3v) is 5.12. The van der Waals surface area contributed by atoms with Crippen molar-refractivity contribution >= 4 is 5.97 Å². The van der Waals surface area contributed by atoms with E-state index in [2.05, 4.69) is 36.0 Å². The van der Waals surface area contributed by atoms with Crippen LogP contribution in [0.3, 0.4) is 0 Å². The molecule has 0 aromatic carbocycles. The molecule has 4 atom stereocenters. The van der Waals surface area contributed by atoms with Crippen molar-refractivity contribution in [2.24, 2.45) is 11.8 Å². The molecule has 0 unspecified atom stereocenters. The van der Waals surface area contributed by atoms with Gasteiger partial charge in [0, 0.05) is 6.42 Å². The van der Waals surface area contributed by atoms with Gasteiger partial charge < -0.3 is 14.9 Å². The van der Waals surface area contributed by atoms with Crippen LogP contribution in [-0.4, -0.2) is 35.5 Å². The lowest BCUT2D eigenvalue weighted by molar-refractivity contribution is -0.140. The third kappa shape index (κ3) is 8.68. The zero-order chi connectivity index (χ0) is 18.5. The Morgan fingerprint density at radius 3 is 2.04 bits per heavy atom. The van der Waals surface area contributed by atoms with Gasteiger partial charge in [0.15, 0.2) is 0 Å². The zero-order valence-corrected chi connectivity index (χ0v) is 15.9. The number of allylic oxidation sites excluding steroid dienone is 4. The van der Waals surface area contributed by atoms with Gasteiger partial charge in [0.1, 0.15) is 0 Å². The van der Waals surface area contributed by atoms with Gasteiger partial charge in [-0.2, -0.15) is 0 Å². The quantitative estimate of drug-likeness (QED) is 0.314. The number of rotatable bonds is 12. The molecule has 0 bridgehead atoms. The fourth-order valence-electron chi connectivity index (χ4n) is 3.55. The Labute approximate surface area is 153 Å². The highest BCUT2D eigenvalue weighted by Gasteiger charge is 2.39. The highest BCUT2D eigenvalue weighted by Crippen LogP contribution is 2.37. The van der Waals surface area contributed by atoms with Crippen LogP contribution >= 0.6 is 0 Å². The van der Waals surface area contributed by atoms with E-state index < -0.39 is 12.2 Å². The van der Waals surface area contributed by atoms with Crippen LogP contribution in [-0.2, 0) is 9.53 Å². The molecule has 0 saturated heterocycles. The summed E-state index contributed by atoms with van der Waals surface area (Å²) in [6.07, 6.45) is 16.7. The van der Waals surface area contributed by atoms with Crippen LogP contribution in [0.25, 0.3) is 0 Å². The largest absolute Gasteiger partial charge is 0.469 e. The number of esters is 1. The van der Waals surface area contributed by atoms with Crippen LogP contribution in [0.5, 0.6) is 0 Å². The van der Waals surface area contributed by atoms with Crippen molar-refractivity contribution in [3.05, 3.63) is 24.3 Å². The van der Waals surface area contributed by atoms with E-state index in [1.807, 2.05) is 0 Å². The molecule has 0 aromatic rings. The van der Waals surface area contributed by atoms with E-state index in [9.17, 15) is 15.0 Å². The first-order valence-electron chi connectivity index (χ1n) is 9.83. The van der Waals surface area contributed by atoms with Crippen molar-refractivity contribution in [1.29, 1.82) is 0 Å². The van der Waals surface area contributed by atoms with E-state index in [1.165, 1.54) is 26.4 Å². The Morgan fingerprint density at radius 2 is 1.52 bits per heavy atom. The number of carbonyl (C=O) groups excluding carboxylic acids is 1. The summed E-state index contributed by atoms with van der Waals surface area (Å²) >= 11 is 0. The molecule has 4 nitrogen and oxygen atoms in total. The third-order valence-electron chi connectivity index (χ3n) is 5.12. The number of hydrogen-bond donors (Lipinski definition) is 2. The van der Waals surface area contributed by atoms with Crippen molar-refractivity contribution in [2.45, 2.75) is 83.3 Å². The van der Waals surface area contributed by atoms with E-state index >= 15 is 0 Å². The summed E-state index contributed by atoms with van der Waals surface area (Å²) in [5.41, 5.74) is 0. The highest BCUT2D eigenvalue weighted by molar-refractivity contribution is 5.69. The van der Waals surface area contributed by atoms with Crippen LogP contribution in [0, 0.1) is 11.8 Å². The van der Waals surface area contributed by atoms with Gasteiger partial charge in [-0.3, -0.25) is 4.79 Å². The van der Waals surface area contributed by atoms with Gasteiger partial charge in [0.2, 0.25) is 0 Å². The summed E-state index contributed by atoms with van der Waals surface area (Å²) in [4.78, 5) is 11.0. The summed E-state index contributed by atoms with van der Waals surface area (Å²) in [5, 5.41) is 20.5. The van der Waals surface area contributed by atoms with Crippen molar-refractivity contribution in [3.8, 4) is 0 Å². The predicted octanol–water partition coefficient (Wildman–Crippen LogP) is 4.16. The molecule has 0 heterocycles. The lowest BCUT2D eigenvalue weighted by Gasteiger charge is -2.21. The Kier molecular flexibility index (Phi) is 11.5. The molecule has 0 spiro atoms. The van der Waals surface area contributed by atoms with E-state index in [1.54, 1.807) is 0 Å². The Hall–Kier alpha value is -1.13. The molecule has 0 aromatic heterocycles. The van der Waals surface area contributed by atoms with Gasteiger partial charge in [-0.05, 0) is 56.8 Å². The van der Waals surface area contributed by atoms with E-state index in [0.717, 1.165) is 32.1 Å². The van der Waals surface area contributed by atoms with Gasteiger partial charge in [0.05, 0.1) is 19.3 Å². The maximum absolute atomic E-state index is 11.0. The molecule has 0 aliphatic heterocycles. The van der Waals surface area contributed by atoms with Crippen molar-refractivity contribution in [1.82, 2.24) is 0 Å². The van der Waals surface area contributed by atoms with Gasteiger partial charge in [-0.1, -0.05) is 44.1 Å². The summed E-state index contributed by atoms with van der Waals surface area (Å²) < 4.78 is 4.62. The smallest absolute Gasteiger partial charge is 0.305 e. The average molecular weight is 353 g/mol. The molecule has 1 aliphatic rings. The number of ether oxygens (including phenoxy) is 1. The van der Waals surface area contributed by atoms with E-state index in [-0.39, 0.29) is 17.8 Å². The van der Waals surface area contributed by atoms with Crippen LogP contribution in [0.1, 0.15) is 71.1 Å². The number of methoxy groups -OCH3 is 1. The Balaban J connectivity index is 2.34. The van der Waals surface area contributed by atoms with Crippen LogP contribution in [0.2, 0.25) is 0 Å². The number of aliphatic hydroxyl groups excluding tert-OH is 2. The molecule has 1 saturated carbocycles. The molecule has 144 valence electrons. The monoisotopic (exact) mass is 352 g/mol. The molecular formula is C21H36O4. The van der Waals surface area contributed by atoms with Crippen LogP contribution in [0.15, 0.2) is 24.3 Å². The predicted molar refractivity (Wildman–Crippen MR) is 101 cm³/mol. The second-order valence-corrected chi connectivity index (χ2v) is 7.08. The van der Waals surface area contributed by atoms with Crippen molar-refractivity contribution < 1.29 is 19.7 Å². The van der Waals surface area contributed by atoms with Crippen molar-refractivity contribution in [3.63, 3.8) is 0 Å². The molecule has 1 aliphatic carbocycles. The van der Waals surface area contributed by atoms with Crippen LogP contribution < -0.4 is 0 Å². The molecule has 0 radical (unpaired) electrons. The van der Waals surface area contributed by atoms with E-state index in [4.69, 9.17) is 0 Å². The molecule has 0 amide bonds. The number of unbranched alkanes of at least 4 members (excludes halogenated alkanes) is 4. The Morgan fingerprint density at radius 1 is 0.960 bits per heavy atom. The fraction of sp³-hybridized carbons (Fsp3) is 0.762. The maximum atomic E-state index is 11.0. The van der Waals surface area contributed by atoms with E-state index in [0.29, 0.717) is 12.8 Å². The number of carbonyl (C=O) groups is 1. The highest BCUT2D eigenvalue weighted by atomic mass is 16.5. The molecule has 4 heteroatoms. The summed E-state index contributed by atoms with van der Waals surface area (Å²) in [6, 6.07) is 0. The number of hydrogen-bond acceptors (Lipinski definition) is 4. The molecule has 25 heavy (non-hydrogen) atoms. The minimum absolute atomic E-state index is 0.118. The molecule has 2 N–H and O–H groups in total. The fourth-order valence-corrected chi connectivity index (χ4v) is 3.55. The van der Waals surface area contributed by atoms with Crippen molar-refractivity contribution in [2.75, 3.05) is 7.11 Å². The Bertz CT molecular complexity index is 416. The normalized spacial score (nSPS) is 26.7. The van der Waals surface area contributed by atoms with Gasteiger partial charge >= 0.3 is 5.97 Å². The average Bonchev–Trinajstić information content (AvgIpc) is 2.87. The zero-order valence-electron chi connectivity index (χ0n) is 15.9. The first-order chi connectivity index (χ1) is 12.1. The molecule has 1 fully saturated rings. The molecule has 1 rings (SSSR count). The SMILES string of the molecule is CCCCCC=CC[C@@H]1[C@@H](CC=CCCCC(=O)OC)[C@@H](O)C[C@H]1O. The first-order valence-corrected chi connectivity index (χ1v) is 9.83. The maximum Gasteiger partial charge on any atom is 0.305 e. The standard InChI is InChI=1S/C21H36O4/c1-3-4-5-6-7-10-13-17-18(20(23)16-19(17)22)14-11-8-9-12-15-21(24)25-2/h7-8,10-11,17-20,22-23H,3-6,9,12-16H2,1-2H3/t17-,18-,19-,20+/m1/s1. The lowest BCUT2D eigenvalue weighted by Crippen LogP contribution is -2.21. The lowest BCUT2D eigenvalue weighted by atomic mass is 9.87. The van der Waals surface area contributed by atoms with Gasteiger partial charge in [-0.25, -0.2) is 0 Å². The molecular weight excluding hydrogens is 316 g/mol. The second kappa shape index (κ2) is 13.1. The summed E-state index contributed by atoms with van der Waals surface area (Å²) in [6.45, 7) is 2.20. The minimum Gasteiger partial charge on any atom is -0.469 e. The van der Waals surface area contributed by atoms with Gasteiger partial charge in [0.25, 0.3) is 0 Å². The van der Waals surface area contributed by atoms with Crippen LogP contribution in [0.4, 0.5) is 0 Å². The first kappa shape index (κ1) is 21.9. The number of aliphatic hydroxyl groups is 2. The topological polar surface area (TPSA) is 66.8 Å². The summed E-state index contributed by atoms with van der Waals surface area (Å²) in [5.74, 6) is 0.0813.